The zero-order chi connectivity index (χ0) is 10.8. The number of hydrogen-bond donors (Lipinski definition) is 1. The third-order valence-corrected chi connectivity index (χ3v) is 2.85. The van der Waals surface area contributed by atoms with Crippen molar-refractivity contribution >= 4 is 0 Å². The van der Waals surface area contributed by atoms with Crippen molar-refractivity contribution in [2.24, 2.45) is 11.7 Å². The molecule has 2 N–H and O–H groups in total. The minimum absolute atomic E-state index is 0.0461. The summed E-state index contributed by atoms with van der Waals surface area (Å²) >= 11 is 0. The summed E-state index contributed by atoms with van der Waals surface area (Å²) in [7, 11) is 0. The summed E-state index contributed by atoms with van der Waals surface area (Å²) in [5, 5.41) is 0. The van der Waals surface area contributed by atoms with Gasteiger partial charge in [0.05, 0.1) is 0 Å². The predicted molar refractivity (Wildman–Crippen MR) is 57.6 cm³/mol. The lowest BCUT2D eigenvalue weighted by Crippen LogP contribution is -2.25. The number of hydrogen-bond acceptors (Lipinski definition) is 1. The molecule has 14 heavy (non-hydrogen) atoms. The zero-order valence-corrected chi connectivity index (χ0v) is 9.05. The highest BCUT2D eigenvalue weighted by atomic mass is 19.1. The lowest BCUT2D eigenvalue weighted by molar-refractivity contribution is 0.122. The summed E-state index contributed by atoms with van der Waals surface area (Å²) in [6.45, 7) is 5.77. The Morgan fingerprint density at radius 2 is 1.93 bits per heavy atom. The number of benzene rings is 1. The van der Waals surface area contributed by atoms with Crippen molar-refractivity contribution < 1.29 is 4.39 Å². The van der Waals surface area contributed by atoms with Crippen LogP contribution in [0.3, 0.4) is 0 Å². The summed E-state index contributed by atoms with van der Waals surface area (Å²) in [4.78, 5) is 0. The Balaban J connectivity index is 3.17. The van der Waals surface area contributed by atoms with Crippen molar-refractivity contribution in [3.05, 3.63) is 35.4 Å². The van der Waals surface area contributed by atoms with Gasteiger partial charge in [0.1, 0.15) is 5.67 Å². The molecule has 0 heterocycles. The van der Waals surface area contributed by atoms with E-state index in [0.717, 1.165) is 11.1 Å². The van der Waals surface area contributed by atoms with E-state index in [1.54, 1.807) is 6.92 Å². The van der Waals surface area contributed by atoms with Crippen LogP contribution in [0.15, 0.2) is 24.3 Å². The molecule has 1 rings (SSSR count). The summed E-state index contributed by atoms with van der Waals surface area (Å²) < 4.78 is 14.3. The average molecular weight is 195 g/mol. The summed E-state index contributed by atoms with van der Waals surface area (Å²) in [5.41, 5.74) is 5.90. The summed E-state index contributed by atoms with van der Waals surface area (Å²) in [5.74, 6) is -0.0461. The van der Waals surface area contributed by atoms with E-state index < -0.39 is 5.67 Å². The molecule has 0 amide bonds. The minimum atomic E-state index is -1.30. The molecule has 0 aliphatic heterocycles. The van der Waals surface area contributed by atoms with Gasteiger partial charge in [0.25, 0.3) is 0 Å². The van der Waals surface area contributed by atoms with Gasteiger partial charge >= 0.3 is 0 Å². The Morgan fingerprint density at radius 3 is 2.43 bits per heavy atom. The second kappa shape index (κ2) is 4.09. The van der Waals surface area contributed by atoms with Gasteiger partial charge in [-0.15, -0.1) is 0 Å². The van der Waals surface area contributed by atoms with E-state index in [9.17, 15) is 4.39 Å². The molecule has 1 aromatic carbocycles. The van der Waals surface area contributed by atoms with Gasteiger partial charge in [-0.2, -0.15) is 0 Å². The maximum absolute atomic E-state index is 14.3. The van der Waals surface area contributed by atoms with Gasteiger partial charge in [-0.3, -0.25) is 0 Å². The van der Waals surface area contributed by atoms with Gasteiger partial charge in [-0.1, -0.05) is 38.1 Å². The van der Waals surface area contributed by atoms with Crippen LogP contribution in [0.5, 0.6) is 0 Å². The van der Waals surface area contributed by atoms with E-state index in [1.165, 1.54) is 0 Å². The predicted octanol–water partition coefficient (Wildman–Crippen LogP) is 2.99. The Hall–Kier alpha value is -0.890. The van der Waals surface area contributed by atoms with E-state index in [-0.39, 0.29) is 5.92 Å². The Morgan fingerprint density at radius 1 is 1.36 bits per heavy atom. The zero-order valence-electron chi connectivity index (χ0n) is 9.05. The molecule has 2 heteroatoms. The van der Waals surface area contributed by atoms with Crippen molar-refractivity contribution in [2.75, 3.05) is 0 Å². The first kappa shape index (κ1) is 11.2. The molecular weight excluding hydrogens is 177 g/mol. The van der Waals surface area contributed by atoms with Crippen LogP contribution >= 0.6 is 0 Å². The van der Waals surface area contributed by atoms with Gasteiger partial charge in [0.15, 0.2) is 0 Å². The topological polar surface area (TPSA) is 26.0 Å². The molecule has 0 aromatic heterocycles. The Bertz CT molecular complexity index is 305. The minimum Gasteiger partial charge on any atom is -0.326 e. The van der Waals surface area contributed by atoms with E-state index in [0.29, 0.717) is 6.54 Å². The van der Waals surface area contributed by atoms with Gasteiger partial charge in [0.2, 0.25) is 0 Å². The quantitative estimate of drug-likeness (QED) is 0.788. The molecule has 0 saturated heterocycles. The van der Waals surface area contributed by atoms with Gasteiger partial charge in [-0.05, 0) is 24.0 Å². The SMILES string of the molecule is CC(C)C(C)(F)c1ccccc1CN. The standard InChI is InChI=1S/C12H18FN/c1-9(2)12(3,13)11-7-5-4-6-10(11)8-14/h4-7,9H,8,14H2,1-3H3. The van der Waals surface area contributed by atoms with Crippen LogP contribution in [0.25, 0.3) is 0 Å². The van der Waals surface area contributed by atoms with Crippen LogP contribution in [0, 0.1) is 5.92 Å². The molecule has 1 unspecified atom stereocenters. The van der Waals surface area contributed by atoms with Crippen molar-refractivity contribution in [2.45, 2.75) is 33.0 Å². The van der Waals surface area contributed by atoms with Crippen LogP contribution in [-0.2, 0) is 12.2 Å². The molecule has 0 bridgehead atoms. The second-order valence-corrected chi connectivity index (χ2v) is 4.09. The maximum Gasteiger partial charge on any atom is 0.135 e. The first-order valence-corrected chi connectivity index (χ1v) is 4.97. The largest absolute Gasteiger partial charge is 0.326 e. The van der Waals surface area contributed by atoms with Gasteiger partial charge < -0.3 is 5.73 Å². The van der Waals surface area contributed by atoms with Gasteiger partial charge in [0, 0.05) is 6.54 Å². The summed E-state index contributed by atoms with van der Waals surface area (Å²) in [6.07, 6.45) is 0. The average Bonchev–Trinajstić information content (AvgIpc) is 2.17. The van der Waals surface area contributed by atoms with Crippen molar-refractivity contribution in [3.63, 3.8) is 0 Å². The number of rotatable bonds is 3. The molecule has 0 saturated carbocycles. The Kier molecular flexibility index (Phi) is 3.27. The molecule has 0 aliphatic rings. The monoisotopic (exact) mass is 195 g/mol. The second-order valence-electron chi connectivity index (χ2n) is 4.09. The number of alkyl halides is 1. The van der Waals surface area contributed by atoms with E-state index >= 15 is 0 Å². The lowest BCUT2D eigenvalue weighted by atomic mass is 9.84. The van der Waals surface area contributed by atoms with Gasteiger partial charge in [-0.25, -0.2) is 4.39 Å². The molecule has 0 aliphatic carbocycles. The first-order valence-electron chi connectivity index (χ1n) is 4.97. The van der Waals surface area contributed by atoms with Crippen LogP contribution < -0.4 is 5.73 Å². The van der Waals surface area contributed by atoms with Crippen molar-refractivity contribution in [1.82, 2.24) is 0 Å². The fourth-order valence-corrected chi connectivity index (χ4v) is 1.49. The Labute approximate surface area is 85.1 Å². The fourth-order valence-electron chi connectivity index (χ4n) is 1.49. The normalized spacial score (nSPS) is 15.6. The van der Waals surface area contributed by atoms with Crippen molar-refractivity contribution in [3.8, 4) is 0 Å². The highest BCUT2D eigenvalue weighted by Gasteiger charge is 2.31. The molecule has 0 radical (unpaired) electrons. The van der Waals surface area contributed by atoms with Crippen LogP contribution in [0.4, 0.5) is 4.39 Å². The van der Waals surface area contributed by atoms with E-state index in [1.807, 2.05) is 38.1 Å². The lowest BCUT2D eigenvalue weighted by Gasteiger charge is -2.27. The molecule has 1 atom stereocenters. The molecule has 0 spiro atoms. The highest BCUT2D eigenvalue weighted by molar-refractivity contribution is 5.32. The molecule has 1 nitrogen and oxygen atoms in total. The van der Waals surface area contributed by atoms with E-state index in [2.05, 4.69) is 0 Å². The van der Waals surface area contributed by atoms with Crippen LogP contribution in [-0.4, -0.2) is 0 Å². The maximum atomic E-state index is 14.3. The van der Waals surface area contributed by atoms with E-state index in [4.69, 9.17) is 5.73 Å². The number of halogens is 1. The number of nitrogens with two attached hydrogens (primary N) is 1. The molecular formula is C12H18FN. The highest BCUT2D eigenvalue weighted by Crippen LogP contribution is 2.35. The molecule has 1 aromatic rings. The van der Waals surface area contributed by atoms with Crippen LogP contribution in [0.2, 0.25) is 0 Å². The summed E-state index contributed by atoms with van der Waals surface area (Å²) in [6, 6.07) is 7.45. The smallest absolute Gasteiger partial charge is 0.135 e. The fraction of sp³-hybridized carbons (Fsp3) is 0.500. The van der Waals surface area contributed by atoms with Crippen LogP contribution in [0.1, 0.15) is 31.9 Å². The molecule has 0 fully saturated rings. The third kappa shape index (κ3) is 1.95. The first-order chi connectivity index (χ1) is 6.50. The van der Waals surface area contributed by atoms with Crippen molar-refractivity contribution in [1.29, 1.82) is 0 Å². The third-order valence-electron chi connectivity index (χ3n) is 2.85. The molecule has 78 valence electrons.